The van der Waals surface area contributed by atoms with Crippen LogP contribution in [-0.2, 0) is 37.1 Å². The Morgan fingerprint density at radius 2 is 1.20 bits per heavy atom. The number of hydrogen-bond acceptors (Lipinski definition) is 5. The molecule has 0 spiro atoms. The zero-order valence-electron chi connectivity index (χ0n) is 18.9. The highest BCUT2D eigenvalue weighted by Crippen LogP contribution is 2.48. The summed E-state index contributed by atoms with van der Waals surface area (Å²) >= 11 is 0. The topological polar surface area (TPSA) is 141 Å². The van der Waals surface area contributed by atoms with Crippen molar-refractivity contribution >= 4 is 23.8 Å². The maximum absolute atomic E-state index is 13.4. The van der Waals surface area contributed by atoms with Gasteiger partial charge in [0, 0.05) is 13.1 Å². The number of carbonyl (C=O) groups is 4. The van der Waals surface area contributed by atoms with Crippen molar-refractivity contribution < 1.29 is 39.2 Å². The summed E-state index contributed by atoms with van der Waals surface area (Å²) in [6.45, 7) is 0.885. The van der Waals surface area contributed by atoms with E-state index in [2.05, 4.69) is 0 Å². The third-order valence-electron chi connectivity index (χ3n) is 6.03. The summed E-state index contributed by atoms with van der Waals surface area (Å²) in [6, 6.07) is 18.6. The van der Waals surface area contributed by atoms with E-state index in [9.17, 15) is 34.5 Å². The van der Waals surface area contributed by atoms with Gasteiger partial charge in [-0.3, -0.25) is 19.2 Å². The average Bonchev–Trinajstić information content (AvgIpc) is 2.80. The Morgan fingerprint density at radius 1 is 0.714 bits per heavy atom. The van der Waals surface area contributed by atoms with Crippen LogP contribution in [0.1, 0.15) is 11.1 Å². The summed E-state index contributed by atoms with van der Waals surface area (Å²) in [6.07, 6.45) is 3.41. The summed E-state index contributed by atoms with van der Waals surface area (Å²) in [5.41, 5.74) is 1.78. The summed E-state index contributed by atoms with van der Waals surface area (Å²) in [5.74, 6) is -11.6. The van der Waals surface area contributed by atoms with Gasteiger partial charge in [-0.25, -0.2) is 0 Å². The molecule has 0 aromatic heterocycles. The number of hydrogen-bond donors (Lipinski definition) is 3. The van der Waals surface area contributed by atoms with Crippen molar-refractivity contribution in [1.29, 1.82) is 0 Å². The average molecular weight is 482 g/mol. The van der Waals surface area contributed by atoms with E-state index in [1.54, 1.807) is 36.4 Å². The molecule has 35 heavy (non-hydrogen) atoms. The molecule has 1 aliphatic carbocycles. The number of carboxylic acids is 3. The molecule has 184 valence electrons. The number of nitrogens with zero attached hydrogens (tertiary/aromatic N) is 1. The van der Waals surface area contributed by atoms with Gasteiger partial charge in [0.2, 0.25) is 5.91 Å². The van der Waals surface area contributed by atoms with Gasteiger partial charge in [-0.15, -0.1) is 0 Å². The molecule has 0 heterocycles. The van der Waals surface area contributed by atoms with Crippen molar-refractivity contribution in [3.63, 3.8) is 0 Å². The largest absolute Gasteiger partial charge is 0.481 e. The van der Waals surface area contributed by atoms with Crippen molar-refractivity contribution in [3.8, 4) is 0 Å². The number of carboxylic acid groups (broad SMARTS) is 3. The van der Waals surface area contributed by atoms with Crippen LogP contribution in [0.5, 0.6) is 0 Å². The van der Waals surface area contributed by atoms with Crippen LogP contribution in [0, 0.1) is 23.7 Å². The molecule has 1 fully saturated rings. The van der Waals surface area contributed by atoms with Gasteiger partial charge in [0.05, 0.1) is 36.9 Å². The minimum atomic E-state index is -1.67. The lowest BCUT2D eigenvalue weighted by molar-refractivity contribution is -0.189. The van der Waals surface area contributed by atoms with Gasteiger partial charge in [0.15, 0.2) is 0 Å². The molecule has 0 unspecified atom stereocenters. The Labute approximate surface area is 202 Å². The number of benzene rings is 2. The maximum atomic E-state index is 13.4. The van der Waals surface area contributed by atoms with Gasteiger partial charge in [0.25, 0.3) is 0 Å². The quantitative estimate of drug-likeness (QED) is 0.310. The fourth-order valence-electron chi connectivity index (χ4n) is 4.31. The summed E-state index contributed by atoms with van der Waals surface area (Å²) in [4.78, 5) is 49.8. The highest BCUT2D eigenvalue weighted by molar-refractivity contribution is 5.98. The van der Waals surface area contributed by atoms with E-state index >= 15 is 0 Å². The van der Waals surface area contributed by atoms with E-state index in [1.807, 2.05) is 36.4 Å². The van der Waals surface area contributed by atoms with Crippen molar-refractivity contribution in [1.82, 2.24) is 4.90 Å². The summed E-state index contributed by atoms with van der Waals surface area (Å²) in [5, 5.41) is 28.5. The molecule has 0 saturated heterocycles. The first-order chi connectivity index (χ1) is 16.8. The third kappa shape index (κ3) is 6.33. The molecule has 1 aliphatic rings. The van der Waals surface area contributed by atoms with Crippen LogP contribution in [0.15, 0.2) is 72.8 Å². The molecule has 9 heteroatoms. The Kier molecular flexibility index (Phi) is 8.74. The number of rotatable bonds is 12. The van der Waals surface area contributed by atoms with Gasteiger partial charge in [0.1, 0.15) is 0 Å². The second-order valence-electron chi connectivity index (χ2n) is 8.29. The fourth-order valence-corrected chi connectivity index (χ4v) is 4.31. The molecule has 9 nitrogen and oxygen atoms in total. The second kappa shape index (κ2) is 11.9. The van der Waals surface area contributed by atoms with Crippen LogP contribution < -0.4 is 0 Å². The molecule has 2 aromatic rings. The van der Waals surface area contributed by atoms with Crippen molar-refractivity contribution in [3.05, 3.63) is 83.9 Å². The Hall–Kier alpha value is -3.98. The predicted molar refractivity (Wildman–Crippen MR) is 124 cm³/mol. The van der Waals surface area contributed by atoms with E-state index in [0.29, 0.717) is 6.61 Å². The molecule has 3 rings (SSSR count). The monoisotopic (exact) mass is 481 g/mol. The lowest BCUT2D eigenvalue weighted by Gasteiger charge is -2.45. The first kappa shape index (κ1) is 25.6. The zero-order valence-corrected chi connectivity index (χ0v) is 18.9. The molecular formula is C26H27NO8. The lowest BCUT2D eigenvalue weighted by atomic mass is 9.56. The molecule has 0 radical (unpaired) electrons. The van der Waals surface area contributed by atoms with Crippen molar-refractivity contribution in [2.45, 2.75) is 13.2 Å². The molecule has 1 saturated carbocycles. The molecule has 2 atom stereocenters. The first-order valence-corrected chi connectivity index (χ1v) is 11.1. The molecular weight excluding hydrogens is 454 g/mol. The van der Waals surface area contributed by atoms with E-state index in [-0.39, 0.29) is 19.7 Å². The number of ether oxygens (including phenoxy) is 1. The van der Waals surface area contributed by atoms with E-state index in [4.69, 9.17) is 4.74 Å². The molecule has 3 N–H and O–H groups in total. The van der Waals surface area contributed by atoms with Gasteiger partial charge in [-0.1, -0.05) is 72.8 Å². The lowest BCUT2D eigenvalue weighted by Crippen LogP contribution is -2.62. The van der Waals surface area contributed by atoms with Gasteiger partial charge in [-0.2, -0.15) is 0 Å². The standard InChI is InChI=1S/C26H27NO8/c28-23(19-20(24(29)30)22(26(33)34)21(19)25(31)32)27(15-17-9-3-1-4-10-17)13-7-8-14-35-16-18-11-5-2-6-12-18/h1-12,19-22H,13-16H2,(H,29,30)(H,31,32)(H,33,34)/b8-7-/t19?,20-,21-,22?/m0/s1. The Morgan fingerprint density at radius 3 is 1.71 bits per heavy atom. The molecule has 2 aromatic carbocycles. The van der Waals surface area contributed by atoms with E-state index in [0.717, 1.165) is 11.1 Å². The highest BCUT2D eigenvalue weighted by Gasteiger charge is 2.64. The van der Waals surface area contributed by atoms with Crippen LogP contribution in [-0.4, -0.2) is 57.2 Å². The number of amides is 1. The minimum absolute atomic E-state index is 0.0787. The van der Waals surface area contributed by atoms with Crippen LogP contribution in [0.3, 0.4) is 0 Å². The highest BCUT2D eigenvalue weighted by atomic mass is 16.5. The third-order valence-corrected chi connectivity index (χ3v) is 6.03. The normalized spacial score (nSPS) is 21.3. The van der Waals surface area contributed by atoms with Gasteiger partial charge >= 0.3 is 17.9 Å². The molecule has 1 amide bonds. The summed E-state index contributed by atoms with van der Waals surface area (Å²) < 4.78 is 5.59. The maximum Gasteiger partial charge on any atom is 0.308 e. The second-order valence-corrected chi connectivity index (χ2v) is 8.29. The van der Waals surface area contributed by atoms with Crippen molar-refractivity contribution in [2.75, 3.05) is 13.2 Å². The fraction of sp³-hybridized carbons (Fsp3) is 0.308. The molecule has 0 aliphatic heterocycles. The Bertz CT molecular complexity index is 1050. The van der Waals surface area contributed by atoms with Crippen LogP contribution in [0.2, 0.25) is 0 Å². The number of aliphatic carboxylic acids is 3. The van der Waals surface area contributed by atoms with Crippen LogP contribution >= 0.6 is 0 Å². The van der Waals surface area contributed by atoms with Crippen molar-refractivity contribution in [2.24, 2.45) is 23.7 Å². The zero-order chi connectivity index (χ0) is 25.4. The summed E-state index contributed by atoms with van der Waals surface area (Å²) in [7, 11) is 0. The Balaban J connectivity index is 1.72. The van der Waals surface area contributed by atoms with E-state index in [1.165, 1.54) is 4.90 Å². The van der Waals surface area contributed by atoms with Gasteiger partial charge in [-0.05, 0) is 11.1 Å². The SMILES string of the molecule is O=C(O)C1[C@@H](C(=O)O)C(C(=O)N(C/C=C\COCc2ccccc2)Cc2ccccc2)[C@@H]1C(=O)O. The molecule has 0 bridgehead atoms. The van der Waals surface area contributed by atoms with Crippen LogP contribution in [0.4, 0.5) is 0 Å². The van der Waals surface area contributed by atoms with Gasteiger partial charge < -0.3 is 25.0 Å². The predicted octanol–water partition coefficient (Wildman–Crippen LogP) is 2.52. The van der Waals surface area contributed by atoms with Crippen LogP contribution in [0.25, 0.3) is 0 Å². The first-order valence-electron chi connectivity index (χ1n) is 11.1. The van der Waals surface area contributed by atoms with E-state index < -0.39 is 47.5 Å². The number of carbonyl (C=O) groups excluding carboxylic acids is 1. The smallest absolute Gasteiger partial charge is 0.308 e. The minimum Gasteiger partial charge on any atom is -0.481 e.